The zero-order valence-electron chi connectivity index (χ0n) is 14.1. The van der Waals surface area contributed by atoms with Crippen LogP contribution in [0.2, 0.25) is 0 Å². The van der Waals surface area contributed by atoms with Crippen molar-refractivity contribution in [2.75, 3.05) is 12.8 Å². The highest BCUT2D eigenvalue weighted by Crippen LogP contribution is 2.33. The average molecular weight is 344 g/mol. The minimum Gasteiger partial charge on any atom is -0.297 e. The van der Waals surface area contributed by atoms with E-state index < -0.39 is 9.71 Å². The lowest BCUT2D eigenvalue weighted by Gasteiger charge is -2.19. The van der Waals surface area contributed by atoms with E-state index in [1.807, 2.05) is 6.20 Å². The number of allylic oxidation sites excluding steroid dienone is 1. The first-order chi connectivity index (χ1) is 11.5. The van der Waals surface area contributed by atoms with Crippen molar-refractivity contribution in [2.45, 2.75) is 44.4 Å². The van der Waals surface area contributed by atoms with Crippen molar-refractivity contribution < 1.29 is 4.21 Å². The topological polar surface area (TPSA) is 59.3 Å². The van der Waals surface area contributed by atoms with Crippen LogP contribution >= 0.6 is 0 Å². The van der Waals surface area contributed by atoms with E-state index in [-0.39, 0.29) is 0 Å². The molecular formula is C18H24N4OS. The molecule has 0 aromatic carbocycles. The Morgan fingerprint density at radius 2 is 2.17 bits per heavy atom. The fraction of sp³-hybridized carbons (Fsp3) is 0.500. The summed E-state index contributed by atoms with van der Waals surface area (Å²) < 4.78 is 17.0. The Morgan fingerprint density at radius 1 is 1.38 bits per heavy atom. The van der Waals surface area contributed by atoms with Crippen LogP contribution < -0.4 is 4.72 Å². The van der Waals surface area contributed by atoms with Crippen LogP contribution in [-0.2, 0) is 16.1 Å². The number of imidazole rings is 1. The van der Waals surface area contributed by atoms with E-state index in [2.05, 4.69) is 32.3 Å². The van der Waals surface area contributed by atoms with Crippen molar-refractivity contribution in [1.29, 1.82) is 0 Å². The van der Waals surface area contributed by atoms with Crippen molar-refractivity contribution in [3.05, 3.63) is 35.6 Å². The van der Waals surface area contributed by atoms with E-state index in [9.17, 15) is 4.21 Å². The maximum Gasteiger partial charge on any atom is 0.156 e. The molecule has 0 saturated heterocycles. The highest BCUT2D eigenvalue weighted by atomic mass is 32.2. The van der Waals surface area contributed by atoms with Gasteiger partial charge in [-0.05, 0) is 24.3 Å². The van der Waals surface area contributed by atoms with Crippen LogP contribution in [-0.4, -0.2) is 37.2 Å². The average Bonchev–Trinajstić information content (AvgIpc) is 3.16. The van der Waals surface area contributed by atoms with Gasteiger partial charge < -0.3 is 0 Å². The summed E-state index contributed by atoms with van der Waals surface area (Å²) in [7, 11) is -2.22. The predicted octanol–water partition coefficient (Wildman–Crippen LogP) is 2.57. The van der Waals surface area contributed by atoms with Gasteiger partial charge in [0.2, 0.25) is 0 Å². The molecule has 2 heterocycles. The van der Waals surface area contributed by atoms with Crippen LogP contribution in [0, 0.1) is 0 Å². The molecule has 24 heavy (non-hydrogen) atoms. The summed E-state index contributed by atoms with van der Waals surface area (Å²) in [5.41, 5.74) is 5.42. The van der Waals surface area contributed by atoms with Gasteiger partial charge in [0.25, 0.3) is 0 Å². The standard InChI is InChI=1S/C18H24N4OS/c1-24(2,23)20-10-14-8-9-15-18(14)22-12-16(21-17(22)11-19-15)13-6-4-3-5-7-13/h8,11-13H,1,3-7,9-10H2,2H3,(H,20,23). The molecule has 6 heteroatoms. The summed E-state index contributed by atoms with van der Waals surface area (Å²) in [6.45, 7) is 0.545. The molecule has 128 valence electrons. The van der Waals surface area contributed by atoms with Crippen LogP contribution in [0.15, 0.2) is 18.5 Å². The van der Waals surface area contributed by atoms with Gasteiger partial charge in [-0.25, -0.2) is 9.71 Å². The third kappa shape index (κ3) is 3.00. The molecule has 0 spiro atoms. The third-order valence-corrected chi connectivity index (χ3v) is 5.79. The van der Waals surface area contributed by atoms with Gasteiger partial charge in [0.05, 0.1) is 23.3 Å². The Hall–Kier alpha value is -1.66. The zero-order valence-corrected chi connectivity index (χ0v) is 14.9. The third-order valence-electron chi connectivity index (χ3n) is 5.04. The number of aromatic nitrogens is 3. The molecule has 2 aliphatic carbocycles. The second-order valence-corrected chi connectivity index (χ2v) is 9.34. The van der Waals surface area contributed by atoms with E-state index >= 15 is 0 Å². The van der Waals surface area contributed by atoms with Crippen LogP contribution in [0.4, 0.5) is 0 Å². The van der Waals surface area contributed by atoms with Crippen LogP contribution in [0.3, 0.4) is 0 Å². The van der Waals surface area contributed by atoms with Crippen molar-refractivity contribution >= 4 is 26.8 Å². The van der Waals surface area contributed by atoms with Gasteiger partial charge in [-0.15, -0.1) is 0 Å². The van der Waals surface area contributed by atoms with E-state index in [4.69, 9.17) is 4.98 Å². The van der Waals surface area contributed by atoms with Gasteiger partial charge in [-0.2, -0.15) is 0 Å². The quantitative estimate of drug-likeness (QED) is 0.867. The summed E-state index contributed by atoms with van der Waals surface area (Å²) in [5.74, 6) is 4.25. The first kappa shape index (κ1) is 15.8. The molecule has 4 rings (SSSR count). The Kier molecular flexibility index (Phi) is 3.96. The SMILES string of the molecule is C=S(C)(=O)NCC1=CCc2ncc3nc(C4CCCCC4)cn3c21. The summed E-state index contributed by atoms with van der Waals surface area (Å²) in [4.78, 5) is 9.43. The molecule has 0 bridgehead atoms. The molecule has 0 radical (unpaired) electrons. The molecule has 1 N–H and O–H groups in total. The van der Waals surface area contributed by atoms with E-state index in [0.29, 0.717) is 12.5 Å². The molecule has 0 aliphatic heterocycles. The summed E-state index contributed by atoms with van der Waals surface area (Å²) in [5, 5.41) is 0. The second kappa shape index (κ2) is 6.01. The van der Waals surface area contributed by atoms with Crippen LogP contribution in [0.1, 0.15) is 55.1 Å². The van der Waals surface area contributed by atoms with Crippen LogP contribution in [0.5, 0.6) is 0 Å². The van der Waals surface area contributed by atoms with Crippen molar-refractivity contribution in [3.8, 4) is 0 Å². The molecule has 2 aliphatic rings. The predicted molar refractivity (Wildman–Crippen MR) is 99.7 cm³/mol. The number of nitrogens with one attached hydrogen (secondary N) is 1. The number of hydrogen-bond acceptors (Lipinski definition) is 3. The first-order valence-corrected chi connectivity index (χ1v) is 10.8. The largest absolute Gasteiger partial charge is 0.297 e. The summed E-state index contributed by atoms with van der Waals surface area (Å²) in [6, 6.07) is 0. The molecule has 1 atom stereocenters. The summed E-state index contributed by atoms with van der Waals surface area (Å²) >= 11 is 0. The molecule has 1 fully saturated rings. The van der Waals surface area contributed by atoms with Gasteiger partial charge in [0, 0.05) is 41.0 Å². The Morgan fingerprint density at radius 3 is 2.92 bits per heavy atom. The smallest absolute Gasteiger partial charge is 0.156 e. The van der Waals surface area contributed by atoms with Gasteiger partial charge in [0.15, 0.2) is 5.65 Å². The van der Waals surface area contributed by atoms with Crippen molar-refractivity contribution in [2.24, 2.45) is 0 Å². The Bertz CT molecular complexity index is 904. The highest BCUT2D eigenvalue weighted by Gasteiger charge is 2.23. The molecule has 5 nitrogen and oxygen atoms in total. The van der Waals surface area contributed by atoms with Crippen LogP contribution in [0.25, 0.3) is 11.2 Å². The number of rotatable bonds is 4. The Labute approximate surface area is 143 Å². The summed E-state index contributed by atoms with van der Waals surface area (Å²) in [6.07, 6.45) is 15.1. The van der Waals surface area contributed by atoms with Gasteiger partial charge in [0.1, 0.15) is 0 Å². The van der Waals surface area contributed by atoms with Gasteiger partial charge in [-0.3, -0.25) is 13.6 Å². The molecule has 2 aromatic heterocycles. The maximum atomic E-state index is 11.8. The molecule has 2 aromatic rings. The molecular weight excluding hydrogens is 320 g/mol. The van der Waals surface area contributed by atoms with E-state index in [1.165, 1.54) is 37.8 Å². The number of hydrogen-bond donors (Lipinski definition) is 1. The van der Waals surface area contributed by atoms with Crippen molar-refractivity contribution in [3.63, 3.8) is 0 Å². The molecule has 1 unspecified atom stereocenters. The zero-order chi connectivity index (χ0) is 16.7. The first-order valence-electron chi connectivity index (χ1n) is 8.64. The van der Waals surface area contributed by atoms with Crippen molar-refractivity contribution in [1.82, 2.24) is 19.1 Å². The maximum absolute atomic E-state index is 11.8. The minimum absolute atomic E-state index is 0.545. The van der Waals surface area contributed by atoms with E-state index in [0.717, 1.165) is 29.0 Å². The number of nitrogens with zero attached hydrogens (tertiary/aromatic N) is 3. The highest BCUT2D eigenvalue weighted by molar-refractivity contribution is 7.97. The number of fused-ring (bicyclic) bond motifs is 3. The van der Waals surface area contributed by atoms with Gasteiger partial charge >= 0.3 is 0 Å². The fourth-order valence-electron chi connectivity index (χ4n) is 3.81. The lowest BCUT2D eigenvalue weighted by molar-refractivity contribution is 0.438. The van der Waals surface area contributed by atoms with E-state index in [1.54, 1.807) is 6.26 Å². The normalized spacial score (nSPS) is 20.8. The molecule has 1 saturated carbocycles. The minimum atomic E-state index is -2.22. The fourth-order valence-corrected chi connectivity index (χ4v) is 4.27. The molecule has 0 amide bonds. The Balaban J connectivity index is 1.70. The second-order valence-electron chi connectivity index (χ2n) is 7.04. The lowest BCUT2D eigenvalue weighted by atomic mass is 9.87. The van der Waals surface area contributed by atoms with Gasteiger partial charge in [-0.1, -0.05) is 25.3 Å². The lowest BCUT2D eigenvalue weighted by Crippen LogP contribution is -2.23. The monoisotopic (exact) mass is 344 g/mol.